The molecular formula is C25H23N3O6S. The SMILES string of the molecule is COC(=O)c1ccc(Cn2c(=O)c3cc(C(=O)NCc4cccc(OC)c4)sc3n(C)c2=O)cc1. The maximum Gasteiger partial charge on any atom is 0.337 e. The average Bonchev–Trinajstić information content (AvgIpc) is 3.34. The molecule has 0 aliphatic heterocycles. The standard InChI is InChI=1S/C25H23N3O6S/c1-27-23-19(12-20(35-23)21(29)26-13-16-5-4-6-18(11-16)33-2)22(30)28(25(27)32)14-15-7-9-17(10-8-15)24(31)34-3/h4-12H,13-14H2,1-3H3,(H,26,29). The van der Waals surface area contributed by atoms with Crippen LogP contribution in [0, 0.1) is 0 Å². The van der Waals surface area contributed by atoms with Crippen molar-refractivity contribution in [1.82, 2.24) is 14.5 Å². The molecule has 9 nitrogen and oxygen atoms in total. The van der Waals surface area contributed by atoms with Crippen LogP contribution in [0.1, 0.15) is 31.2 Å². The lowest BCUT2D eigenvalue weighted by atomic mass is 10.1. The molecule has 4 aromatic rings. The van der Waals surface area contributed by atoms with Crippen molar-refractivity contribution < 1.29 is 19.1 Å². The van der Waals surface area contributed by atoms with Crippen LogP contribution in [0.5, 0.6) is 5.75 Å². The third kappa shape index (κ3) is 4.87. The molecule has 0 unspecified atom stereocenters. The highest BCUT2D eigenvalue weighted by Crippen LogP contribution is 2.22. The van der Waals surface area contributed by atoms with Crippen LogP contribution >= 0.6 is 11.3 Å². The first-order valence-corrected chi connectivity index (χ1v) is 11.5. The number of fused-ring (bicyclic) bond motifs is 1. The van der Waals surface area contributed by atoms with Crippen LogP contribution in [0.15, 0.2) is 64.2 Å². The number of nitrogens with zero attached hydrogens (tertiary/aromatic N) is 2. The Labute approximate surface area is 204 Å². The zero-order valence-corrected chi connectivity index (χ0v) is 20.2. The minimum Gasteiger partial charge on any atom is -0.497 e. The molecule has 0 bridgehead atoms. The molecule has 2 heterocycles. The molecule has 0 atom stereocenters. The molecule has 0 radical (unpaired) electrons. The normalized spacial score (nSPS) is 10.8. The van der Waals surface area contributed by atoms with E-state index in [1.165, 1.54) is 17.7 Å². The maximum absolute atomic E-state index is 13.1. The van der Waals surface area contributed by atoms with Gasteiger partial charge in [0.15, 0.2) is 0 Å². The van der Waals surface area contributed by atoms with Gasteiger partial charge in [0, 0.05) is 13.6 Å². The van der Waals surface area contributed by atoms with Crippen molar-refractivity contribution in [1.29, 1.82) is 0 Å². The summed E-state index contributed by atoms with van der Waals surface area (Å²) < 4.78 is 12.4. The zero-order chi connectivity index (χ0) is 25.1. The van der Waals surface area contributed by atoms with E-state index in [9.17, 15) is 19.2 Å². The largest absolute Gasteiger partial charge is 0.497 e. The Hall–Kier alpha value is -4.18. The number of thiophene rings is 1. The molecule has 0 aliphatic carbocycles. The highest BCUT2D eigenvalue weighted by Gasteiger charge is 2.18. The first kappa shape index (κ1) is 24.0. The fraction of sp³-hybridized carbons (Fsp3) is 0.200. The Morgan fingerprint density at radius 3 is 2.43 bits per heavy atom. The molecule has 0 spiro atoms. The van der Waals surface area contributed by atoms with Gasteiger partial charge in [-0.25, -0.2) is 9.59 Å². The van der Waals surface area contributed by atoms with Crippen molar-refractivity contribution in [3.05, 3.63) is 97.0 Å². The number of nitrogens with one attached hydrogen (secondary N) is 1. The van der Waals surface area contributed by atoms with Crippen molar-refractivity contribution in [3.63, 3.8) is 0 Å². The molecule has 2 aromatic heterocycles. The van der Waals surface area contributed by atoms with Crippen molar-refractivity contribution in [2.24, 2.45) is 7.05 Å². The van der Waals surface area contributed by atoms with E-state index in [-0.39, 0.29) is 24.4 Å². The summed E-state index contributed by atoms with van der Waals surface area (Å²) in [5, 5.41) is 3.12. The van der Waals surface area contributed by atoms with Crippen LogP contribution in [-0.2, 0) is 24.9 Å². The number of benzene rings is 2. The topological polar surface area (TPSA) is 109 Å². The molecule has 35 heavy (non-hydrogen) atoms. The van der Waals surface area contributed by atoms with Crippen LogP contribution in [0.25, 0.3) is 10.2 Å². The molecule has 4 rings (SSSR count). The number of hydrogen-bond donors (Lipinski definition) is 1. The molecule has 0 saturated heterocycles. The van der Waals surface area contributed by atoms with Gasteiger partial charge in [0.1, 0.15) is 10.6 Å². The lowest BCUT2D eigenvalue weighted by Gasteiger charge is -2.09. The van der Waals surface area contributed by atoms with Crippen LogP contribution in [0.3, 0.4) is 0 Å². The fourth-order valence-corrected chi connectivity index (χ4v) is 4.66. The molecular weight excluding hydrogens is 470 g/mol. The predicted molar refractivity (Wildman–Crippen MR) is 132 cm³/mol. The fourth-order valence-electron chi connectivity index (χ4n) is 3.63. The minimum atomic E-state index is -0.496. The number of esters is 1. The maximum atomic E-state index is 13.1. The Bertz CT molecular complexity index is 1530. The van der Waals surface area contributed by atoms with Gasteiger partial charge in [0.05, 0.1) is 36.6 Å². The molecule has 2 aromatic carbocycles. The first-order valence-electron chi connectivity index (χ1n) is 10.6. The Morgan fingerprint density at radius 2 is 1.74 bits per heavy atom. The number of hydrogen-bond acceptors (Lipinski definition) is 7. The smallest absolute Gasteiger partial charge is 0.337 e. The lowest BCUT2D eigenvalue weighted by Crippen LogP contribution is -2.38. The highest BCUT2D eigenvalue weighted by atomic mass is 32.1. The van der Waals surface area contributed by atoms with Gasteiger partial charge < -0.3 is 14.8 Å². The number of methoxy groups -OCH3 is 2. The number of carbonyl (C=O) groups excluding carboxylic acids is 2. The van der Waals surface area contributed by atoms with Gasteiger partial charge in [-0.1, -0.05) is 24.3 Å². The summed E-state index contributed by atoms with van der Waals surface area (Å²) in [7, 11) is 4.43. The summed E-state index contributed by atoms with van der Waals surface area (Å²) in [6.45, 7) is 0.311. The molecule has 1 N–H and O–H groups in total. The summed E-state index contributed by atoms with van der Waals surface area (Å²) >= 11 is 1.09. The van der Waals surface area contributed by atoms with Gasteiger partial charge in [-0.05, 0) is 41.5 Å². The van der Waals surface area contributed by atoms with Crippen molar-refractivity contribution >= 4 is 33.4 Å². The molecule has 0 fully saturated rings. The second-order valence-corrected chi connectivity index (χ2v) is 8.82. The van der Waals surface area contributed by atoms with Crippen LogP contribution < -0.4 is 21.3 Å². The van der Waals surface area contributed by atoms with Crippen LogP contribution in [0.2, 0.25) is 0 Å². The van der Waals surface area contributed by atoms with Crippen molar-refractivity contribution in [2.45, 2.75) is 13.1 Å². The van der Waals surface area contributed by atoms with E-state index in [2.05, 4.69) is 10.1 Å². The van der Waals surface area contributed by atoms with Gasteiger partial charge in [0.25, 0.3) is 11.5 Å². The quantitative estimate of drug-likeness (QED) is 0.397. The Balaban J connectivity index is 1.60. The van der Waals surface area contributed by atoms with Gasteiger partial charge in [-0.3, -0.25) is 18.7 Å². The third-order valence-electron chi connectivity index (χ3n) is 5.54. The van der Waals surface area contributed by atoms with E-state index < -0.39 is 17.2 Å². The predicted octanol–water partition coefficient (Wildman–Crippen LogP) is 2.54. The molecule has 10 heteroatoms. The van der Waals surface area contributed by atoms with Crippen LogP contribution in [-0.4, -0.2) is 35.2 Å². The van der Waals surface area contributed by atoms with Gasteiger partial charge in [-0.2, -0.15) is 0 Å². The van der Waals surface area contributed by atoms with Gasteiger partial charge in [0.2, 0.25) is 0 Å². The van der Waals surface area contributed by atoms with E-state index in [1.807, 2.05) is 24.3 Å². The summed E-state index contributed by atoms with van der Waals surface area (Å²) in [5.74, 6) is -0.124. The Morgan fingerprint density at radius 1 is 1.00 bits per heavy atom. The third-order valence-corrected chi connectivity index (χ3v) is 6.75. The number of carbonyl (C=O) groups is 2. The highest BCUT2D eigenvalue weighted by molar-refractivity contribution is 7.20. The zero-order valence-electron chi connectivity index (χ0n) is 19.4. The summed E-state index contributed by atoms with van der Waals surface area (Å²) in [4.78, 5) is 51.2. The summed E-state index contributed by atoms with van der Waals surface area (Å²) in [6, 6.07) is 15.3. The van der Waals surface area contributed by atoms with E-state index >= 15 is 0 Å². The first-order chi connectivity index (χ1) is 16.8. The number of ether oxygens (including phenoxy) is 2. The van der Waals surface area contributed by atoms with E-state index in [1.54, 1.807) is 38.4 Å². The van der Waals surface area contributed by atoms with Gasteiger partial charge in [-0.15, -0.1) is 11.3 Å². The molecule has 1 amide bonds. The van der Waals surface area contributed by atoms with E-state index in [0.717, 1.165) is 21.5 Å². The second kappa shape index (κ2) is 9.98. The average molecular weight is 494 g/mol. The molecule has 180 valence electrons. The molecule has 0 saturated carbocycles. The van der Waals surface area contributed by atoms with E-state index in [4.69, 9.17) is 4.74 Å². The number of rotatable bonds is 7. The van der Waals surface area contributed by atoms with Crippen LogP contribution in [0.4, 0.5) is 0 Å². The number of amides is 1. The number of aryl methyl sites for hydroxylation is 1. The second-order valence-electron chi connectivity index (χ2n) is 7.79. The molecule has 0 aliphatic rings. The summed E-state index contributed by atoms with van der Waals surface area (Å²) in [5.41, 5.74) is 0.928. The van der Waals surface area contributed by atoms with Gasteiger partial charge >= 0.3 is 11.7 Å². The monoisotopic (exact) mass is 493 g/mol. The summed E-state index contributed by atoms with van der Waals surface area (Å²) in [6.07, 6.45) is 0. The lowest BCUT2D eigenvalue weighted by molar-refractivity contribution is 0.0600. The minimum absolute atomic E-state index is 0.0239. The van der Waals surface area contributed by atoms with Crippen molar-refractivity contribution in [3.8, 4) is 5.75 Å². The van der Waals surface area contributed by atoms with E-state index in [0.29, 0.717) is 26.6 Å². The number of aromatic nitrogens is 2. The Kier molecular flexibility index (Phi) is 6.83. The van der Waals surface area contributed by atoms with Crippen molar-refractivity contribution in [2.75, 3.05) is 14.2 Å².